The molecule has 0 unspecified atom stereocenters. The monoisotopic (exact) mass is 382 g/mol. The summed E-state index contributed by atoms with van der Waals surface area (Å²) in [5.74, 6) is -0.928. The average molecular weight is 382 g/mol. The first-order valence-corrected chi connectivity index (χ1v) is 9.03. The van der Waals surface area contributed by atoms with E-state index in [4.69, 9.17) is 0 Å². The number of ether oxygens (including phenoxy) is 1. The highest BCUT2D eigenvalue weighted by Crippen LogP contribution is 2.22. The fourth-order valence-electron chi connectivity index (χ4n) is 3.14. The Labute approximate surface area is 162 Å². The lowest BCUT2D eigenvalue weighted by Crippen LogP contribution is -2.28. The predicted molar refractivity (Wildman–Crippen MR) is 103 cm³/mol. The summed E-state index contributed by atoms with van der Waals surface area (Å²) in [6.07, 6.45) is 4.14. The lowest BCUT2D eigenvalue weighted by Gasteiger charge is -2.17. The Balaban J connectivity index is 1.83. The number of esters is 1. The first-order chi connectivity index (χ1) is 13.5. The van der Waals surface area contributed by atoms with Crippen LogP contribution in [0.5, 0.6) is 0 Å². The number of aromatic nitrogens is 2. The summed E-state index contributed by atoms with van der Waals surface area (Å²) in [6, 6.07) is 6.37. The molecule has 1 aliphatic heterocycles. The highest BCUT2D eigenvalue weighted by molar-refractivity contribution is 6.05. The van der Waals surface area contributed by atoms with E-state index in [-0.39, 0.29) is 23.3 Å². The van der Waals surface area contributed by atoms with E-state index < -0.39 is 5.97 Å². The maximum Gasteiger partial charge on any atom is 0.337 e. The molecule has 2 aromatic rings. The van der Waals surface area contributed by atoms with Crippen molar-refractivity contribution in [2.75, 3.05) is 19.0 Å². The lowest BCUT2D eigenvalue weighted by atomic mass is 10.1. The maximum atomic E-state index is 12.8. The zero-order valence-electron chi connectivity index (χ0n) is 15.7. The molecule has 0 fully saturated rings. The summed E-state index contributed by atoms with van der Waals surface area (Å²) in [5, 5.41) is 5.48. The summed E-state index contributed by atoms with van der Waals surface area (Å²) in [5.41, 5.74) is 1.92. The molecule has 0 radical (unpaired) electrons. The van der Waals surface area contributed by atoms with Crippen molar-refractivity contribution in [1.82, 2.24) is 14.9 Å². The highest BCUT2D eigenvalue weighted by atomic mass is 16.5. The number of fused-ring (bicyclic) bond motifs is 1. The van der Waals surface area contributed by atoms with Crippen molar-refractivity contribution in [2.45, 2.75) is 25.8 Å². The van der Waals surface area contributed by atoms with E-state index in [2.05, 4.69) is 26.9 Å². The van der Waals surface area contributed by atoms with Gasteiger partial charge in [0.05, 0.1) is 18.4 Å². The Morgan fingerprint density at radius 3 is 2.64 bits per heavy atom. The molecule has 1 aliphatic rings. The Morgan fingerprint density at radius 2 is 1.96 bits per heavy atom. The number of hydrogen-bond acceptors (Lipinski definition) is 5. The number of carbonyl (C=O) groups is 3. The van der Waals surface area contributed by atoms with E-state index in [1.165, 1.54) is 7.11 Å². The fourth-order valence-corrected chi connectivity index (χ4v) is 3.14. The number of nitrogens with one attached hydrogen (secondary N) is 2. The minimum Gasteiger partial charge on any atom is -0.465 e. The van der Waals surface area contributed by atoms with E-state index in [0.29, 0.717) is 30.8 Å². The van der Waals surface area contributed by atoms with E-state index in [1.807, 2.05) is 4.57 Å². The molecule has 8 heteroatoms. The van der Waals surface area contributed by atoms with Crippen molar-refractivity contribution in [3.8, 4) is 0 Å². The number of rotatable bonds is 6. The van der Waals surface area contributed by atoms with Crippen LogP contribution in [0.15, 0.2) is 36.9 Å². The van der Waals surface area contributed by atoms with Crippen molar-refractivity contribution < 1.29 is 19.1 Å². The normalized spacial score (nSPS) is 12.6. The van der Waals surface area contributed by atoms with Gasteiger partial charge in [0.15, 0.2) is 11.5 Å². The molecule has 0 aliphatic carbocycles. The van der Waals surface area contributed by atoms with Gasteiger partial charge in [0.2, 0.25) is 0 Å². The second-order valence-electron chi connectivity index (χ2n) is 6.36. The van der Waals surface area contributed by atoms with E-state index in [0.717, 1.165) is 18.5 Å². The van der Waals surface area contributed by atoms with E-state index >= 15 is 0 Å². The molecular weight excluding hydrogens is 360 g/mol. The van der Waals surface area contributed by atoms with Gasteiger partial charge in [-0.1, -0.05) is 6.08 Å². The number of benzene rings is 1. The molecule has 2 amide bonds. The predicted octanol–water partition coefficient (Wildman–Crippen LogP) is 2.17. The Kier molecular flexibility index (Phi) is 5.88. The molecule has 0 atom stereocenters. The molecule has 1 aromatic heterocycles. The van der Waals surface area contributed by atoms with E-state index in [9.17, 15) is 14.4 Å². The van der Waals surface area contributed by atoms with Crippen molar-refractivity contribution in [1.29, 1.82) is 0 Å². The van der Waals surface area contributed by atoms with Gasteiger partial charge in [0, 0.05) is 18.8 Å². The van der Waals surface area contributed by atoms with Crippen molar-refractivity contribution in [3.05, 3.63) is 59.7 Å². The van der Waals surface area contributed by atoms with Crippen molar-refractivity contribution in [3.63, 3.8) is 0 Å². The van der Waals surface area contributed by atoms with Gasteiger partial charge < -0.3 is 19.9 Å². The van der Waals surface area contributed by atoms with Crippen LogP contribution >= 0.6 is 0 Å². The molecule has 0 bridgehead atoms. The van der Waals surface area contributed by atoms with Crippen LogP contribution in [0.1, 0.15) is 50.0 Å². The Morgan fingerprint density at radius 1 is 1.21 bits per heavy atom. The number of methoxy groups -OCH3 is 1. The molecule has 3 rings (SSSR count). The second kappa shape index (κ2) is 8.51. The number of hydrogen-bond donors (Lipinski definition) is 2. The van der Waals surface area contributed by atoms with Crippen LogP contribution in [0.3, 0.4) is 0 Å². The number of carbonyl (C=O) groups excluding carboxylic acids is 3. The van der Waals surface area contributed by atoms with Crippen LogP contribution in [0.25, 0.3) is 0 Å². The third-order valence-corrected chi connectivity index (χ3v) is 4.51. The number of nitrogens with zero attached hydrogens (tertiary/aromatic N) is 2. The Bertz CT molecular complexity index is 915. The summed E-state index contributed by atoms with van der Waals surface area (Å²) in [7, 11) is 1.31. The van der Waals surface area contributed by atoms with Gasteiger partial charge in [-0.2, -0.15) is 0 Å². The van der Waals surface area contributed by atoms with Gasteiger partial charge in [-0.15, -0.1) is 6.58 Å². The molecule has 146 valence electrons. The largest absolute Gasteiger partial charge is 0.465 e. The van der Waals surface area contributed by atoms with Crippen LogP contribution in [-0.2, 0) is 17.7 Å². The summed E-state index contributed by atoms with van der Waals surface area (Å²) < 4.78 is 6.48. The molecule has 0 saturated carbocycles. The van der Waals surface area contributed by atoms with Crippen LogP contribution in [0.4, 0.5) is 5.69 Å². The Hall–Kier alpha value is -3.42. The van der Waals surface area contributed by atoms with E-state index in [1.54, 1.807) is 30.3 Å². The first kappa shape index (κ1) is 19.3. The third-order valence-electron chi connectivity index (χ3n) is 4.51. The van der Waals surface area contributed by atoms with Gasteiger partial charge in [0.1, 0.15) is 0 Å². The number of imidazole rings is 1. The molecular formula is C20H22N4O4. The SMILES string of the molecule is C=CCNC(=O)c1nc(C(=O)Nc2ccc(C(=O)OC)cc2)c2n1CCCC2. The van der Waals surface area contributed by atoms with Gasteiger partial charge in [-0.3, -0.25) is 9.59 Å². The average Bonchev–Trinajstić information content (AvgIpc) is 3.12. The second-order valence-corrected chi connectivity index (χ2v) is 6.36. The molecule has 28 heavy (non-hydrogen) atoms. The number of amides is 2. The minimum atomic E-state index is -0.448. The van der Waals surface area contributed by atoms with Gasteiger partial charge in [-0.25, -0.2) is 9.78 Å². The summed E-state index contributed by atoms with van der Waals surface area (Å²) in [4.78, 5) is 41.0. The zero-order valence-corrected chi connectivity index (χ0v) is 15.7. The summed E-state index contributed by atoms with van der Waals surface area (Å²) in [6.45, 7) is 4.56. The topological polar surface area (TPSA) is 102 Å². The standard InChI is InChI=1S/C20H22N4O4/c1-3-11-21-19(26)17-23-16(15-6-4-5-12-24(15)17)18(25)22-14-9-7-13(8-10-14)20(27)28-2/h3,7-10H,1,4-6,11-12H2,2H3,(H,21,26)(H,22,25). The molecule has 2 heterocycles. The molecule has 1 aromatic carbocycles. The lowest BCUT2D eigenvalue weighted by molar-refractivity contribution is 0.0600. The van der Waals surface area contributed by atoms with Gasteiger partial charge >= 0.3 is 5.97 Å². The smallest absolute Gasteiger partial charge is 0.337 e. The van der Waals surface area contributed by atoms with Crippen molar-refractivity contribution >= 4 is 23.5 Å². The molecule has 0 saturated heterocycles. The van der Waals surface area contributed by atoms with Crippen LogP contribution in [0, 0.1) is 0 Å². The highest BCUT2D eigenvalue weighted by Gasteiger charge is 2.27. The molecule has 0 spiro atoms. The number of anilines is 1. The van der Waals surface area contributed by atoms with Gasteiger partial charge in [0.25, 0.3) is 11.8 Å². The fraction of sp³-hybridized carbons (Fsp3) is 0.300. The molecule has 2 N–H and O–H groups in total. The van der Waals surface area contributed by atoms with Crippen molar-refractivity contribution in [2.24, 2.45) is 0 Å². The third kappa shape index (κ3) is 3.95. The first-order valence-electron chi connectivity index (χ1n) is 9.03. The van der Waals surface area contributed by atoms with Crippen LogP contribution < -0.4 is 10.6 Å². The zero-order chi connectivity index (χ0) is 20.1. The quantitative estimate of drug-likeness (QED) is 0.589. The van der Waals surface area contributed by atoms with Crippen LogP contribution in [0.2, 0.25) is 0 Å². The minimum absolute atomic E-state index is 0.239. The molecule has 8 nitrogen and oxygen atoms in total. The van der Waals surface area contributed by atoms with Gasteiger partial charge in [-0.05, 0) is 43.5 Å². The maximum absolute atomic E-state index is 12.8. The summed E-state index contributed by atoms with van der Waals surface area (Å²) >= 11 is 0. The van der Waals surface area contributed by atoms with Crippen LogP contribution in [-0.4, -0.2) is 41.0 Å².